The van der Waals surface area contributed by atoms with E-state index in [1.54, 1.807) is 23.0 Å². The second-order valence-corrected chi connectivity index (χ2v) is 7.96. The van der Waals surface area contributed by atoms with Crippen molar-refractivity contribution in [3.8, 4) is 5.88 Å². The molecule has 1 aliphatic heterocycles. The minimum absolute atomic E-state index is 0.201. The van der Waals surface area contributed by atoms with E-state index in [-0.39, 0.29) is 23.8 Å². The number of benzene rings is 1. The van der Waals surface area contributed by atoms with Crippen molar-refractivity contribution < 1.29 is 14.3 Å². The lowest BCUT2D eigenvalue weighted by atomic mass is 9.93. The molecular weight excluding hydrogens is 382 g/mol. The molecule has 8 heteroatoms. The van der Waals surface area contributed by atoms with Gasteiger partial charge in [0.2, 0.25) is 5.88 Å². The minimum atomic E-state index is -0.353. The first-order valence-electron chi connectivity index (χ1n) is 10.2. The van der Waals surface area contributed by atoms with Crippen LogP contribution in [0.25, 0.3) is 10.9 Å². The number of nitrogen functional groups attached to an aromatic ring is 1. The summed E-state index contributed by atoms with van der Waals surface area (Å²) in [5.41, 5.74) is 7.89. The third kappa shape index (κ3) is 4.23. The molecule has 1 aliphatic rings. The van der Waals surface area contributed by atoms with Gasteiger partial charge >= 0.3 is 0 Å². The molecule has 0 saturated carbocycles. The molecule has 1 amide bonds. The maximum Gasteiger partial charge on any atom is 0.276 e. The van der Waals surface area contributed by atoms with Crippen LogP contribution in [0.5, 0.6) is 5.88 Å². The molecule has 30 heavy (non-hydrogen) atoms. The lowest BCUT2D eigenvalue weighted by molar-refractivity contribution is -0.0594. The van der Waals surface area contributed by atoms with Crippen molar-refractivity contribution in [1.29, 1.82) is 0 Å². The van der Waals surface area contributed by atoms with Gasteiger partial charge in [-0.2, -0.15) is 0 Å². The molecule has 158 valence electrons. The van der Waals surface area contributed by atoms with Crippen LogP contribution in [0.15, 0.2) is 36.5 Å². The monoisotopic (exact) mass is 409 g/mol. The molecule has 0 spiro atoms. The predicted molar refractivity (Wildman–Crippen MR) is 116 cm³/mol. The number of fused-ring (bicyclic) bond motifs is 1. The van der Waals surface area contributed by atoms with Crippen molar-refractivity contribution in [3.63, 3.8) is 0 Å². The number of pyridine rings is 1. The third-order valence-corrected chi connectivity index (χ3v) is 5.38. The van der Waals surface area contributed by atoms with E-state index in [2.05, 4.69) is 29.2 Å². The average Bonchev–Trinajstić information content (AvgIpc) is 3.01. The highest BCUT2D eigenvalue weighted by atomic mass is 16.5. The average molecular weight is 409 g/mol. The molecule has 2 atom stereocenters. The number of nitrogens with zero attached hydrogens (tertiary/aromatic N) is 3. The van der Waals surface area contributed by atoms with Crippen LogP contribution in [0, 0.1) is 5.92 Å². The van der Waals surface area contributed by atoms with Crippen LogP contribution in [0.1, 0.15) is 37.2 Å². The highest BCUT2D eigenvalue weighted by molar-refractivity contribution is 6.06. The molecule has 0 aliphatic carbocycles. The van der Waals surface area contributed by atoms with Crippen LogP contribution < -0.4 is 15.8 Å². The molecule has 1 saturated heterocycles. The first-order valence-corrected chi connectivity index (χ1v) is 10.2. The Morgan fingerprint density at radius 1 is 1.30 bits per heavy atom. The number of amides is 1. The van der Waals surface area contributed by atoms with Gasteiger partial charge in [0.05, 0.1) is 35.4 Å². The number of rotatable bonds is 5. The summed E-state index contributed by atoms with van der Waals surface area (Å²) in [4.78, 5) is 16.5. The molecule has 3 aromatic rings. The van der Waals surface area contributed by atoms with Crippen molar-refractivity contribution in [3.05, 3.63) is 42.2 Å². The van der Waals surface area contributed by atoms with Gasteiger partial charge in [0.15, 0.2) is 5.69 Å². The van der Waals surface area contributed by atoms with Gasteiger partial charge in [-0.15, -0.1) is 5.10 Å². The van der Waals surface area contributed by atoms with Gasteiger partial charge in [0.25, 0.3) is 5.91 Å². The maximum atomic E-state index is 12.5. The number of aromatic nitrogens is 3. The normalized spacial score (nSPS) is 21.5. The van der Waals surface area contributed by atoms with E-state index < -0.39 is 0 Å². The summed E-state index contributed by atoms with van der Waals surface area (Å²) in [7, 11) is 1.86. The van der Waals surface area contributed by atoms with E-state index in [1.165, 1.54) is 0 Å². The number of nitrogens with two attached hydrogens (primary N) is 1. The number of aryl methyl sites for hydroxylation is 1. The molecule has 2 unspecified atom stereocenters. The zero-order valence-corrected chi connectivity index (χ0v) is 17.5. The quantitative estimate of drug-likeness (QED) is 0.669. The summed E-state index contributed by atoms with van der Waals surface area (Å²) < 4.78 is 13.6. The number of carbonyl (C=O) groups excluding carboxylic acids is 1. The summed E-state index contributed by atoms with van der Waals surface area (Å²) in [6.45, 7) is 4.82. The first kappa shape index (κ1) is 20.2. The fourth-order valence-corrected chi connectivity index (χ4v) is 4.08. The van der Waals surface area contributed by atoms with Gasteiger partial charge in [0.1, 0.15) is 0 Å². The first-order chi connectivity index (χ1) is 14.4. The van der Waals surface area contributed by atoms with E-state index in [4.69, 9.17) is 15.2 Å². The van der Waals surface area contributed by atoms with Crippen LogP contribution in [0.2, 0.25) is 0 Å². The molecule has 0 radical (unpaired) electrons. The van der Waals surface area contributed by atoms with E-state index in [1.807, 2.05) is 25.2 Å². The SMILES string of the molecule is CC1CC(COc2nn(C)c3cc(NC(=O)c4ncccc4N)ccc23)CC(C)O1. The van der Waals surface area contributed by atoms with Crippen LogP contribution in [-0.4, -0.2) is 39.5 Å². The van der Waals surface area contributed by atoms with Gasteiger partial charge in [-0.1, -0.05) is 0 Å². The summed E-state index contributed by atoms with van der Waals surface area (Å²) in [5, 5.41) is 8.27. The highest BCUT2D eigenvalue weighted by Crippen LogP contribution is 2.30. The Kier molecular flexibility index (Phi) is 5.59. The zero-order valence-electron chi connectivity index (χ0n) is 17.5. The van der Waals surface area contributed by atoms with E-state index >= 15 is 0 Å². The van der Waals surface area contributed by atoms with Crippen molar-refractivity contribution in [2.45, 2.75) is 38.9 Å². The standard InChI is InChI=1S/C22H27N5O3/c1-13-9-15(10-14(2)30-13)12-29-22-17-7-6-16(11-19(17)27(3)26-22)25-21(28)20-18(23)5-4-8-24-20/h4-8,11,13-15H,9-10,12,23H2,1-3H3,(H,25,28). The lowest BCUT2D eigenvalue weighted by Crippen LogP contribution is -2.32. The van der Waals surface area contributed by atoms with Crippen LogP contribution in [0.4, 0.5) is 11.4 Å². The Labute approximate surface area is 175 Å². The minimum Gasteiger partial charge on any atom is -0.476 e. The second-order valence-electron chi connectivity index (χ2n) is 7.96. The fourth-order valence-electron chi connectivity index (χ4n) is 4.08. The summed E-state index contributed by atoms with van der Waals surface area (Å²) in [6.07, 6.45) is 4.02. The largest absolute Gasteiger partial charge is 0.476 e. The van der Waals surface area contributed by atoms with E-state index in [0.29, 0.717) is 29.8 Å². The number of hydrogen-bond acceptors (Lipinski definition) is 6. The van der Waals surface area contributed by atoms with Gasteiger partial charge in [0, 0.05) is 18.9 Å². The van der Waals surface area contributed by atoms with Crippen molar-refractivity contribution in [1.82, 2.24) is 14.8 Å². The number of ether oxygens (including phenoxy) is 2. The number of hydrogen-bond donors (Lipinski definition) is 2. The molecule has 1 fully saturated rings. The summed E-state index contributed by atoms with van der Waals surface area (Å²) >= 11 is 0. The van der Waals surface area contributed by atoms with Gasteiger partial charge in [-0.05, 0) is 62.9 Å². The second kappa shape index (κ2) is 8.31. The molecule has 3 heterocycles. The third-order valence-electron chi connectivity index (χ3n) is 5.38. The molecule has 2 aromatic heterocycles. The maximum absolute atomic E-state index is 12.5. The van der Waals surface area contributed by atoms with Crippen LogP contribution in [0.3, 0.4) is 0 Å². The molecule has 3 N–H and O–H groups in total. The number of carbonyl (C=O) groups is 1. The lowest BCUT2D eigenvalue weighted by Gasteiger charge is -2.31. The Balaban J connectivity index is 1.48. The van der Waals surface area contributed by atoms with Crippen molar-refractivity contribution >= 4 is 28.2 Å². The Bertz CT molecular complexity index is 1050. The van der Waals surface area contributed by atoms with Gasteiger partial charge in [-0.3, -0.25) is 9.48 Å². The van der Waals surface area contributed by atoms with E-state index in [9.17, 15) is 4.79 Å². The molecule has 4 rings (SSSR count). The Morgan fingerprint density at radius 3 is 2.80 bits per heavy atom. The Morgan fingerprint density at radius 2 is 2.07 bits per heavy atom. The summed E-state index contributed by atoms with van der Waals surface area (Å²) in [6, 6.07) is 8.94. The Hall–Kier alpha value is -3.13. The van der Waals surface area contributed by atoms with Gasteiger partial charge in [-0.25, -0.2) is 4.98 Å². The van der Waals surface area contributed by atoms with Crippen molar-refractivity contribution in [2.24, 2.45) is 13.0 Å². The molecule has 0 bridgehead atoms. The molecular formula is C22H27N5O3. The molecule has 8 nitrogen and oxygen atoms in total. The predicted octanol–water partition coefficient (Wildman–Crippen LogP) is 3.39. The van der Waals surface area contributed by atoms with Gasteiger partial charge < -0.3 is 20.5 Å². The zero-order chi connectivity index (χ0) is 21.3. The smallest absolute Gasteiger partial charge is 0.276 e. The van der Waals surface area contributed by atoms with Crippen LogP contribution >= 0.6 is 0 Å². The van der Waals surface area contributed by atoms with Crippen LogP contribution in [-0.2, 0) is 11.8 Å². The number of nitrogens with one attached hydrogen (secondary N) is 1. The topological polar surface area (TPSA) is 104 Å². The van der Waals surface area contributed by atoms with E-state index in [0.717, 1.165) is 23.7 Å². The molecule has 1 aromatic carbocycles. The fraction of sp³-hybridized carbons (Fsp3) is 0.409. The number of anilines is 2. The summed E-state index contributed by atoms with van der Waals surface area (Å²) in [5.74, 6) is 0.697. The highest BCUT2D eigenvalue weighted by Gasteiger charge is 2.25. The van der Waals surface area contributed by atoms with Crippen molar-refractivity contribution in [2.75, 3.05) is 17.7 Å².